The lowest BCUT2D eigenvalue weighted by atomic mass is 9.99. The van der Waals surface area contributed by atoms with Gasteiger partial charge in [-0.3, -0.25) is 9.89 Å². The number of guanidine groups is 1. The second-order valence-electron chi connectivity index (χ2n) is 7.38. The van der Waals surface area contributed by atoms with Gasteiger partial charge in [0.25, 0.3) is 0 Å². The van der Waals surface area contributed by atoms with Crippen molar-refractivity contribution in [2.75, 3.05) is 25.0 Å². The number of rotatable bonds is 6. The molecule has 0 bridgehead atoms. The molecule has 142 valence electrons. The summed E-state index contributed by atoms with van der Waals surface area (Å²) in [5.74, 6) is 1.31. The molecule has 1 saturated heterocycles. The molecule has 0 radical (unpaired) electrons. The van der Waals surface area contributed by atoms with Gasteiger partial charge in [0.15, 0.2) is 5.96 Å². The van der Waals surface area contributed by atoms with Crippen molar-refractivity contribution in [1.82, 2.24) is 4.90 Å². The molecule has 25 heavy (non-hydrogen) atoms. The minimum Gasteiger partial charge on any atom is -0.491 e. The molecule has 5 nitrogen and oxygen atoms in total. The van der Waals surface area contributed by atoms with Crippen LogP contribution in [0.5, 0.6) is 5.75 Å². The van der Waals surface area contributed by atoms with E-state index in [9.17, 15) is 0 Å². The average molecular weight is 460 g/mol. The fraction of sp³-hybridized carbons (Fsp3) is 0.632. The maximum atomic E-state index is 6.05. The highest BCUT2D eigenvalue weighted by atomic mass is 127. The predicted molar refractivity (Wildman–Crippen MR) is 117 cm³/mol. The second-order valence-corrected chi connectivity index (χ2v) is 7.38. The zero-order valence-corrected chi connectivity index (χ0v) is 18.2. The van der Waals surface area contributed by atoms with Crippen LogP contribution in [0.2, 0.25) is 0 Å². The van der Waals surface area contributed by atoms with E-state index in [0.29, 0.717) is 12.5 Å². The first-order chi connectivity index (χ1) is 11.4. The Kier molecular flexibility index (Phi) is 8.99. The van der Waals surface area contributed by atoms with Crippen LogP contribution in [0.15, 0.2) is 29.3 Å². The van der Waals surface area contributed by atoms with Gasteiger partial charge in [-0.2, -0.15) is 0 Å². The van der Waals surface area contributed by atoms with Crippen molar-refractivity contribution in [3.05, 3.63) is 24.3 Å². The van der Waals surface area contributed by atoms with E-state index in [0.717, 1.165) is 24.5 Å². The molecule has 1 aromatic carbocycles. The highest BCUT2D eigenvalue weighted by molar-refractivity contribution is 14.0. The maximum absolute atomic E-state index is 6.05. The second kappa shape index (κ2) is 10.2. The summed E-state index contributed by atoms with van der Waals surface area (Å²) in [7, 11) is 0. The molecule has 0 saturated carbocycles. The van der Waals surface area contributed by atoms with E-state index in [1.165, 1.54) is 19.3 Å². The van der Waals surface area contributed by atoms with E-state index < -0.39 is 0 Å². The molecule has 0 spiro atoms. The predicted octanol–water partition coefficient (Wildman–Crippen LogP) is 4.08. The number of aliphatic imine (C=N–C) groups is 1. The third-order valence-electron chi connectivity index (χ3n) is 4.35. The number of nitrogens with two attached hydrogens (primary N) is 1. The van der Waals surface area contributed by atoms with E-state index >= 15 is 0 Å². The van der Waals surface area contributed by atoms with Crippen LogP contribution in [-0.2, 0) is 0 Å². The minimum atomic E-state index is 0. The van der Waals surface area contributed by atoms with Crippen molar-refractivity contribution in [3.63, 3.8) is 0 Å². The number of hydrogen-bond donors (Lipinski definition) is 2. The number of piperidine rings is 1. The van der Waals surface area contributed by atoms with E-state index in [4.69, 9.17) is 10.5 Å². The van der Waals surface area contributed by atoms with Crippen LogP contribution < -0.4 is 15.8 Å². The monoisotopic (exact) mass is 460 g/mol. The van der Waals surface area contributed by atoms with Crippen molar-refractivity contribution >= 4 is 35.6 Å². The Hall–Kier alpha value is -1.02. The van der Waals surface area contributed by atoms with Crippen LogP contribution in [0.4, 0.5) is 5.69 Å². The highest BCUT2D eigenvalue weighted by Crippen LogP contribution is 2.21. The van der Waals surface area contributed by atoms with Crippen LogP contribution in [-0.4, -0.2) is 42.1 Å². The van der Waals surface area contributed by atoms with Gasteiger partial charge in [-0.25, -0.2) is 0 Å². The summed E-state index contributed by atoms with van der Waals surface area (Å²) >= 11 is 0. The minimum absolute atomic E-state index is 0. The molecule has 1 aliphatic rings. The Labute approximate surface area is 169 Å². The highest BCUT2D eigenvalue weighted by Gasteiger charge is 2.27. The standard InChI is InChI=1S/C19H32N4O.HI/c1-15(2)24-17-10-8-16(9-11-17)22-18(20)21-14-19(3,4)23-12-6-5-7-13-23;/h8-11,15H,5-7,12-14H2,1-4H3,(H3,20,21,22);1H. The number of nitrogens with one attached hydrogen (secondary N) is 1. The number of ether oxygens (including phenoxy) is 1. The number of halogens is 1. The van der Waals surface area contributed by atoms with Crippen molar-refractivity contribution < 1.29 is 4.74 Å². The Morgan fingerprint density at radius 2 is 1.80 bits per heavy atom. The summed E-state index contributed by atoms with van der Waals surface area (Å²) in [4.78, 5) is 7.07. The van der Waals surface area contributed by atoms with Crippen LogP contribution >= 0.6 is 24.0 Å². The molecule has 1 aromatic rings. The quantitative estimate of drug-likeness (QED) is 0.382. The number of anilines is 1. The number of nitrogens with zero attached hydrogens (tertiary/aromatic N) is 2. The normalized spacial score (nSPS) is 16.4. The molecular formula is C19H33IN4O. The zero-order chi connectivity index (χ0) is 17.6. The van der Waals surface area contributed by atoms with Crippen LogP contribution in [0, 0.1) is 0 Å². The third-order valence-corrected chi connectivity index (χ3v) is 4.35. The molecule has 6 heteroatoms. The number of likely N-dealkylation sites (tertiary alicyclic amines) is 1. The molecule has 1 aliphatic heterocycles. The van der Waals surface area contributed by atoms with Gasteiger partial charge in [0.1, 0.15) is 5.75 Å². The molecule has 2 rings (SSSR count). The first-order valence-electron chi connectivity index (χ1n) is 8.95. The Morgan fingerprint density at radius 3 is 2.36 bits per heavy atom. The van der Waals surface area contributed by atoms with E-state index in [-0.39, 0.29) is 35.6 Å². The molecule has 0 unspecified atom stereocenters. The van der Waals surface area contributed by atoms with Gasteiger partial charge in [-0.15, -0.1) is 24.0 Å². The van der Waals surface area contributed by atoms with Crippen molar-refractivity contribution in [3.8, 4) is 5.75 Å². The smallest absolute Gasteiger partial charge is 0.193 e. The number of benzene rings is 1. The van der Waals surface area contributed by atoms with E-state index in [1.54, 1.807) is 0 Å². The fourth-order valence-corrected chi connectivity index (χ4v) is 2.95. The van der Waals surface area contributed by atoms with Crippen LogP contribution in [0.3, 0.4) is 0 Å². The van der Waals surface area contributed by atoms with Crippen LogP contribution in [0.25, 0.3) is 0 Å². The summed E-state index contributed by atoms with van der Waals surface area (Å²) in [6.45, 7) is 11.5. The summed E-state index contributed by atoms with van der Waals surface area (Å²) in [5.41, 5.74) is 7.01. The lowest BCUT2D eigenvalue weighted by Crippen LogP contribution is -2.49. The molecular weight excluding hydrogens is 427 g/mol. The van der Waals surface area contributed by atoms with Gasteiger partial charge >= 0.3 is 0 Å². The van der Waals surface area contributed by atoms with Gasteiger partial charge in [-0.05, 0) is 77.9 Å². The van der Waals surface area contributed by atoms with Gasteiger partial charge in [0.05, 0.1) is 12.6 Å². The lowest BCUT2D eigenvalue weighted by Gasteiger charge is -2.40. The molecule has 0 amide bonds. The van der Waals surface area contributed by atoms with Gasteiger partial charge < -0.3 is 15.8 Å². The zero-order valence-electron chi connectivity index (χ0n) is 15.9. The SMILES string of the molecule is CC(C)Oc1ccc(NC(N)=NCC(C)(C)N2CCCCC2)cc1.I. The average Bonchev–Trinajstić information content (AvgIpc) is 2.55. The first-order valence-corrected chi connectivity index (χ1v) is 8.95. The fourth-order valence-electron chi connectivity index (χ4n) is 2.95. The molecule has 0 aliphatic carbocycles. The summed E-state index contributed by atoms with van der Waals surface area (Å²) in [5, 5.41) is 3.15. The van der Waals surface area contributed by atoms with Crippen molar-refractivity contribution in [2.24, 2.45) is 10.7 Å². The maximum Gasteiger partial charge on any atom is 0.193 e. The van der Waals surface area contributed by atoms with Gasteiger partial charge in [-0.1, -0.05) is 6.42 Å². The molecule has 3 N–H and O–H groups in total. The molecule has 1 heterocycles. The molecule has 1 fully saturated rings. The third kappa shape index (κ3) is 7.40. The lowest BCUT2D eigenvalue weighted by molar-refractivity contribution is 0.102. The molecule has 0 aromatic heterocycles. The summed E-state index contributed by atoms with van der Waals surface area (Å²) in [6.07, 6.45) is 4.08. The summed E-state index contributed by atoms with van der Waals surface area (Å²) < 4.78 is 5.64. The van der Waals surface area contributed by atoms with Crippen molar-refractivity contribution in [1.29, 1.82) is 0 Å². The van der Waals surface area contributed by atoms with E-state index in [1.807, 2.05) is 38.1 Å². The van der Waals surface area contributed by atoms with E-state index in [2.05, 4.69) is 29.1 Å². The van der Waals surface area contributed by atoms with Gasteiger partial charge in [0, 0.05) is 11.2 Å². The summed E-state index contributed by atoms with van der Waals surface area (Å²) in [6, 6.07) is 7.78. The Balaban J connectivity index is 0.00000312. The number of hydrogen-bond acceptors (Lipinski definition) is 3. The van der Waals surface area contributed by atoms with Crippen molar-refractivity contribution in [2.45, 2.75) is 58.6 Å². The topological polar surface area (TPSA) is 62.9 Å². The largest absolute Gasteiger partial charge is 0.491 e. The van der Waals surface area contributed by atoms with Crippen LogP contribution in [0.1, 0.15) is 47.0 Å². The Morgan fingerprint density at radius 1 is 1.20 bits per heavy atom. The molecule has 0 atom stereocenters. The Bertz CT molecular complexity index is 537. The first kappa shape index (κ1) is 22.0. The van der Waals surface area contributed by atoms with Gasteiger partial charge in [0.2, 0.25) is 0 Å².